The fourth-order valence-corrected chi connectivity index (χ4v) is 2.85. The average Bonchev–Trinajstić information content (AvgIpc) is 2.82. The molecule has 1 aromatic rings. The van der Waals surface area contributed by atoms with Crippen LogP contribution in [0.25, 0.3) is 0 Å². The van der Waals surface area contributed by atoms with Crippen LogP contribution < -0.4 is 4.90 Å². The molecule has 1 N–H and O–H groups in total. The van der Waals surface area contributed by atoms with Crippen LogP contribution in [0.3, 0.4) is 0 Å². The molecule has 19 heavy (non-hydrogen) atoms. The van der Waals surface area contributed by atoms with Crippen LogP contribution in [0, 0.1) is 5.92 Å². The second-order valence-electron chi connectivity index (χ2n) is 5.78. The van der Waals surface area contributed by atoms with Crippen molar-refractivity contribution in [1.29, 1.82) is 0 Å². The van der Waals surface area contributed by atoms with E-state index in [0.29, 0.717) is 5.92 Å². The first-order valence-corrected chi connectivity index (χ1v) is 7.29. The maximum absolute atomic E-state index is 9.86. The minimum Gasteiger partial charge on any atom is -0.393 e. The van der Waals surface area contributed by atoms with Gasteiger partial charge in [-0.15, -0.1) is 0 Å². The van der Waals surface area contributed by atoms with Gasteiger partial charge in [0.2, 0.25) is 0 Å². The van der Waals surface area contributed by atoms with Gasteiger partial charge in [0.25, 0.3) is 0 Å². The van der Waals surface area contributed by atoms with Gasteiger partial charge in [-0.05, 0) is 37.9 Å². The SMILES string of the molecule is CN(CCN(C)c1ccccc1)CC1CCCC1O. The van der Waals surface area contributed by atoms with Gasteiger partial charge in [0, 0.05) is 32.4 Å². The molecule has 2 atom stereocenters. The van der Waals surface area contributed by atoms with Crippen LogP contribution >= 0.6 is 0 Å². The molecule has 0 bridgehead atoms. The van der Waals surface area contributed by atoms with E-state index in [1.807, 2.05) is 6.07 Å². The minimum absolute atomic E-state index is 0.0747. The summed E-state index contributed by atoms with van der Waals surface area (Å²) < 4.78 is 0. The molecule has 1 saturated carbocycles. The van der Waals surface area contributed by atoms with E-state index >= 15 is 0 Å². The third-order valence-electron chi connectivity index (χ3n) is 4.18. The molecule has 2 rings (SSSR count). The Balaban J connectivity index is 1.72. The maximum Gasteiger partial charge on any atom is 0.0580 e. The Kier molecular flexibility index (Phi) is 5.23. The van der Waals surface area contributed by atoms with Gasteiger partial charge in [0.15, 0.2) is 0 Å². The van der Waals surface area contributed by atoms with E-state index in [1.165, 1.54) is 18.5 Å². The Bertz CT molecular complexity index is 368. The molecule has 106 valence electrons. The fraction of sp³-hybridized carbons (Fsp3) is 0.625. The summed E-state index contributed by atoms with van der Waals surface area (Å²) in [5, 5.41) is 9.86. The average molecular weight is 262 g/mol. The molecule has 0 amide bonds. The second kappa shape index (κ2) is 6.92. The van der Waals surface area contributed by atoms with Gasteiger partial charge in [-0.25, -0.2) is 0 Å². The molecule has 3 nitrogen and oxygen atoms in total. The quantitative estimate of drug-likeness (QED) is 0.851. The van der Waals surface area contributed by atoms with Crippen molar-refractivity contribution in [2.75, 3.05) is 38.6 Å². The summed E-state index contributed by atoms with van der Waals surface area (Å²) in [7, 11) is 4.29. The number of anilines is 1. The largest absolute Gasteiger partial charge is 0.393 e. The van der Waals surface area contributed by atoms with Crippen molar-refractivity contribution in [2.45, 2.75) is 25.4 Å². The Morgan fingerprint density at radius 3 is 2.47 bits per heavy atom. The zero-order chi connectivity index (χ0) is 13.7. The van der Waals surface area contributed by atoms with Crippen molar-refractivity contribution in [3.63, 3.8) is 0 Å². The fourth-order valence-electron chi connectivity index (χ4n) is 2.85. The topological polar surface area (TPSA) is 26.7 Å². The maximum atomic E-state index is 9.86. The van der Waals surface area contributed by atoms with Crippen LogP contribution in [-0.2, 0) is 0 Å². The zero-order valence-electron chi connectivity index (χ0n) is 12.1. The van der Waals surface area contributed by atoms with Gasteiger partial charge >= 0.3 is 0 Å². The molecular weight excluding hydrogens is 236 g/mol. The highest BCUT2D eigenvalue weighted by Crippen LogP contribution is 2.25. The predicted octanol–water partition coefficient (Wildman–Crippen LogP) is 2.22. The summed E-state index contributed by atoms with van der Waals surface area (Å²) in [4.78, 5) is 4.63. The third kappa shape index (κ3) is 4.22. The smallest absolute Gasteiger partial charge is 0.0580 e. The van der Waals surface area contributed by atoms with E-state index in [2.05, 4.69) is 48.2 Å². The Morgan fingerprint density at radius 2 is 1.84 bits per heavy atom. The lowest BCUT2D eigenvalue weighted by atomic mass is 10.1. The first-order valence-electron chi connectivity index (χ1n) is 7.29. The zero-order valence-corrected chi connectivity index (χ0v) is 12.1. The van der Waals surface area contributed by atoms with Crippen LogP contribution in [0.2, 0.25) is 0 Å². The molecule has 0 aromatic heterocycles. The van der Waals surface area contributed by atoms with Crippen LogP contribution in [0.15, 0.2) is 30.3 Å². The summed E-state index contributed by atoms with van der Waals surface area (Å²) in [6, 6.07) is 10.5. The summed E-state index contributed by atoms with van der Waals surface area (Å²) in [6.07, 6.45) is 3.28. The number of aliphatic hydroxyl groups excluding tert-OH is 1. The van der Waals surface area contributed by atoms with E-state index in [9.17, 15) is 5.11 Å². The van der Waals surface area contributed by atoms with Gasteiger partial charge in [0.05, 0.1) is 6.10 Å². The number of likely N-dealkylation sites (N-methyl/N-ethyl adjacent to an activating group) is 2. The Morgan fingerprint density at radius 1 is 1.11 bits per heavy atom. The van der Waals surface area contributed by atoms with Gasteiger partial charge in [-0.1, -0.05) is 24.6 Å². The number of benzene rings is 1. The Labute approximate surface area is 116 Å². The molecule has 1 aromatic carbocycles. The summed E-state index contributed by atoms with van der Waals surface area (Å²) in [5.41, 5.74) is 1.26. The number of hydrogen-bond donors (Lipinski definition) is 1. The molecule has 1 fully saturated rings. The lowest BCUT2D eigenvalue weighted by Gasteiger charge is -2.26. The van der Waals surface area contributed by atoms with E-state index < -0.39 is 0 Å². The molecule has 2 unspecified atom stereocenters. The van der Waals surface area contributed by atoms with Gasteiger partial charge in [0.1, 0.15) is 0 Å². The Hall–Kier alpha value is -1.06. The van der Waals surface area contributed by atoms with E-state index in [-0.39, 0.29) is 6.10 Å². The monoisotopic (exact) mass is 262 g/mol. The van der Waals surface area contributed by atoms with Crippen molar-refractivity contribution in [1.82, 2.24) is 4.90 Å². The predicted molar refractivity (Wildman–Crippen MR) is 80.6 cm³/mol. The molecule has 3 heteroatoms. The van der Waals surface area contributed by atoms with E-state index in [4.69, 9.17) is 0 Å². The van der Waals surface area contributed by atoms with Crippen LogP contribution in [0.5, 0.6) is 0 Å². The van der Waals surface area contributed by atoms with Crippen molar-refractivity contribution in [2.24, 2.45) is 5.92 Å². The van der Waals surface area contributed by atoms with Gasteiger partial charge in [-0.3, -0.25) is 0 Å². The van der Waals surface area contributed by atoms with E-state index in [0.717, 1.165) is 26.1 Å². The molecule has 1 aliphatic rings. The van der Waals surface area contributed by atoms with Crippen LogP contribution in [0.4, 0.5) is 5.69 Å². The molecule has 0 aliphatic heterocycles. The van der Waals surface area contributed by atoms with Gasteiger partial charge < -0.3 is 14.9 Å². The minimum atomic E-state index is -0.0747. The van der Waals surface area contributed by atoms with Gasteiger partial charge in [-0.2, -0.15) is 0 Å². The molecule has 0 saturated heterocycles. The lowest BCUT2D eigenvalue weighted by molar-refractivity contribution is 0.110. The molecule has 0 radical (unpaired) electrons. The lowest BCUT2D eigenvalue weighted by Crippen LogP contribution is -2.35. The number of nitrogens with zero attached hydrogens (tertiary/aromatic N) is 2. The van der Waals surface area contributed by atoms with Crippen molar-refractivity contribution >= 4 is 5.69 Å². The number of aliphatic hydroxyl groups is 1. The summed E-state index contributed by atoms with van der Waals surface area (Å²) in [5.74, 6) is 0.479. The van der Waals surface area contributed by atoms with E-state index in [1.54, 1.807) is 0 Å². The van der Waals surface area contributed by atoms with Crippen molar-refractivity contribution in [3.8, 4) is 0 Å². The van der Waals surface area contributed by atoms with Crippen molar-refractivity contribution < 1.29 is 5.11 Å². The van der Waals surface area contributed by atoms with Crippen LogP contribution in [0.1, 0.15) is 19.3 Å². The first kappa shape index (κ1) is 14.4. The van der Waals surface area contributed by atoms with Crippen LogP contribution in [-0.4, -0.2) is 49.8 Å². The highest BCUT2D eigenvalue weighted by molar-refractivity contribution is 5.44. The summed E-state index contributed by atoms with van der Waals surface area (Å²) >= 11 is 0. The second-order valence-corrected chi connectivity index (χ2v) is 5.78. The summed E-state index contributed by atoms with van der Waals surface area (Å²) in [6.45, 7) is 3.07. The highest BCUT2D eigenvalue weighted by Gasteiger charge is 2.25. The molecular formula is C16H26N2O. The molecule has 1 aliphatic carbocycles. The third-order valence-corrected chi connectivity index (χ3v) is 4.18. The highest BCUT2D eigenvalue weighted by atomic mass is 16.3. The first-order chi connectivity index (χ1) is 9.16. The molecule has 0 heterocycles. The number of rotatable bonds is 6. The normalized spacial score (nSPS) is 22.9. The number of hydrogen-bond acceptors (Lipinski definition) is 3. The molecule has 0 spiro atoms. The number of para-hydroxylation sites is 1. The standard InChI is InChI=1S/C16H26N2O/c1-17(13-14-7-6-10-16(14)19)11-12-18(2)15-8-4-3-5-9-15/h3-5,8-9,14,16,19H,6-7,10-13H2,1-2H3. The van der Waals surface area contributed by atoms with Crippen molar-refractivity contribution in [3.05, 3.63) is 30.3 Å².